The molecule has 1 unspecified atom stereocenters. The molecule has 0 saturated heterocycles. The number of benzene rings is 1. The quantitative estimate of drug-likeness (QED) is 0.122. The maximum atomic E-state index is 13.0. The minimum Gasteiger partial charge on any atom is -0.611 e. The number of fused-ring (bicyclic) bond motifs is 1. The fraction of sp³-hybridized carbons (Fsp3) is 0.308. The number of carbonyl (C=O) groups excluding carboxylic acids is 1. The Hall–Kier alpha value is -3.19. The fourth-order valence-electron chi connectivity index (χ4n) is 3.65. The number of thiazole rings is 1. The number of hydrogen-bond donors (Lipinski definition) is 2. The van der Waals surface area contributed by atoms with Crippen LogP contribution in [0.3, 0.4) is 0 Å². The van der Waals surface area contributed by atoms with Crippen molar-refractivity contribution in [3.05, 3.63) is 41.9 Å². The molecular weight excluding hydrogens is 547 g/mol. The Balaban J connectivity index is 1.55. The zero-order valence-corrected chi connectivity index (χ0v) is 23.1. The summed E-state index contributed by atoms with van der Waals surface area (Å²) in [5.41, 5.74) is 9.53. The smallest absolute Gasteiger partial charge is 0.306 e. The lowest BCUT2D eigenvalue weighted by Gasteiger charge is -2.10. The SMILES string of the molecule is CCCC[S+]([O-])c1sc2nc(-c3nccs3)cc(-c3ccc(OCCOC(=O)CCC(=O)O)cc3)c2c1N. The second-order valence-corrected chi connectivity index (χ2v) is 11.9. The third-order valence-electron chi connectivity index (χ3n) is 5.53. The average molecular weight is 574 g/mol. The third-order valence-corrected chi connectivity index (χ3v) is 9.32. The van der Waals surface area contributed by atoms with Gasteiger partial charge in [-0.1, -0.05) is 36.8 Å². The van der Waals surface area contributed by atoms with Crippen LogP contribution in [0.1, 0.15) is 32.6 Å². The molecule has 0 amide bonds. The van der Waals surface area contributed by atoms with E-state index in [2.05, 4.69) is 11.9 Å². The van der Waals surface area contributed by atoms with Gasteiger partial charge in [0.2, 0.25) is 4.21 Å². The van der Waals surface area contributed by atoms with Crippen LogP contribution in [0.2, 0.25) is 0 Å². The molecule has 9 nitrogen and oxygen atoms in total. The average Bonchev–Trinajstić information content (AvgIpc) is 3.57. The van der Waals surface area contributed by atoms with Crippen LogP contribution in [-0.2, 0) is 25.5 Å². The molecule has 12 heteroatoms. The van der Waals surface area contributed by atoms with Gasteiger partial charge >= 0.3 is 11.9 Å². The number of unbranched alkanes of at least 4 members (excludes halogenated alkanes) is 1. The number of pyridine rings is 1. The van der Waals surface area contributed by atoms with Gasteiger partial charge in [0.25, 0.3) is 0 Å². The number of hydrogen-bond acceptors (Lipinski definition) is 10. The van der Waals surface area contributed by atoms with Crippen LogP contribution < -0.4 is 10.5 Å². The van der Waals surface area contributed by atoms with Crippen molar-refractivity contribution in [3.63, 3.8) is 0 Å². The molecule has 0 fully saturated rings. The van der Waals surface area contributed by atoms with Crippen LogP contribution in [0.5, 0.6) is 5.75 Å². The summed E-state index contributed by atoms with van der Waals surface area (Å²) in [4.78, 5) is 32.0. The molecule has 1 aromatic carbocycles. The summed E-state index contributed by atoms with van der Waals surface area (Å²) >= 11 is 1.66. The van der Waals surface area contributed by atoms with Crippen LogP contribution in [0.4, 0.5) is 5.69 Å². The second-order valence-electron chi connectivity index (χ2n) is 8.27. The summed E-state index contributed by atoms with van der Waals surface area (Å²) in [5, 5.41) is 12.1. The second kappa shape index (κ2) is 13.1. The monoisotopic (exact) mass is 573 g/mol. The van der Waals surface area contributed by atoms with Crippen molar-refractivity contribution in [2.24, 2.45) is 0 Å². The number of carboxylic acid groups (broad SMARTS) is 1. The number of nitrogen functional groups attached to an aromatic ring is 1. The molecule has 0 saturated carbocycles. The number of rotatable bonds is 13. The molecular formula is C26H27N3O6S3. The number of nitrogens with zero attached hydrogens (tertiary/aromatic N) is 2. The highest BCUT2D eigenvalue weighted by Gasteiger charge is 2.25. The predicted molar refractivity (Wildman–Crippen MR) is 150 cm³/mol. The molecule has 0 radical (unpaired) electrons. The van der Waals surface area contributed by atoms with Crippen molar-refractivity contribution in [2.45, 2.75) is 36.8 Å². The van der Waals surface area contributed by atoms with E-state index in [-0.39, 0.29) is 26.1 Å². The van der Waals surface area contributed by atoms with Gasteiger partial charge in [-0.05, 0) is 46.9 Å². The molecule has 0 bridgehead atoms. The van der Waals surface area contributed by atoms with Gasteiger partial charge in [0.1, 0.15) is 45.9 Å². The van der Waals surface area contributed by atoms with Gasteiger partial charge < -0.3 is 24.9 Å². The Bertz CT molecular complexity index is 1390. The first-order chi connectivity index (χ1) is 18.4. The van der Waals surface area contributed by atoms with Gasteiger partial charge in [-0.2, -0.15) is 0 Å². The predicted octanol–water partition coefficient (Wildman–Crippen LogP) is 5.36. The van der Waals surface area contributed by atoms with Gasteiger partial charge in [-0.3, -0.25) is 9.59 Å². The lowest BCUT2D eigenvalue weighted by Crippen LogP contribution is -2.13. The number of carboxylic acids is 1. The number of anilines is 1. The summed E-state index contributed by atoms with van der Waals surface area (Å²) in [6.45, 7) is 2.22. The van der Waals surface area contributed by atoms with Gasteiger partial charge in [0.05, 0.1) is 12.8 Å². The Morgan fingerprint density at radius 3 is 2.66 bits per heavy atom. The number of aliphatic carboxylic acids is 1. The highest BCUT2D eigenvalue weighted by molar-refractivity contribution is 7.93. The molecule has 3 heterocycles. The van der Waals surface area contributed by atoms with Crippen molar-refractivity contribution in [1.29, 1.82) is 0 Å². The van der Waals surface area contributed by atoms with Gasteiger partial charge in [0, 0.05) is 17.0 Å². The normalized spacial score (nSPS) is 11.9. The summed E-state index contributed by atoms with van der Waals surface area (Å²) in [6, 6.07) is 9.37. The largest absolute Gasteiger partial charge is 0.611 e. The van der Waals surface area contributed by atoms with Crippen molar-refractivity contribution in [3.8, 4) is 27.6 Å². The van der Waals surface area contributed by atoms with E-state index < -0.39 is 23.1 Å². The molecule has 0 aliphatic carbocycles. The summed E-state index contributed by atoms with van der Waals surface area (Å²) in [6.07, 6.45) is 3.10. The van der Waals surface area contributed by atoms with E-state index in [1.54, 1.807) is 18.3 Å². The van der Waals surface area contributed by atoms with Crippen LogP contribution in [0, 0.1) is 0 Å². The Kier molecular flexibility index (Phi) is 9.56. The van der Waals surface area contributed by atoms with E-state index in [4.69, 9.17) is 25.3 Å². The maximum Gasteiger partial charge on any atom is 0.306 e. The van der Waals surface area contributed by atoms with Crippen LogP contribution in [-0.4, -0.2) is 50.5 Å². The standard InChI is InChI=1S/C26H27N3O6S3/c1-2-3-14-38(33)26-23(27)22-18(15-19(29-25(22)37-26)24-28-10-13-36-24)16-4-6-17(7-5-16)34-11-12-35-21(32)9-8-20(30)31/h4-7,10,13,15H,2-3,8-9,11-12,14,27H2,1H3,(H,30,31). The molecule has 38 heavy (non-hydrogen) atoms. The molecule has 4 rings (SSSR count). The maximum absolute atomic E-state index is 13.0. The van der Waals surface area contributed by atoms with Crippen LogP contribution >= 0.6 is 22.7 Å². The fourth-order valence-corrected chi connectivity index (χ4v) is 7.05. The minimum atomic E-state index is -1.20. The molecule has 4 aromatic rings. The van der Waals surface area contributed by atoms with E-state index in [1.165, 1.54) is 22.7 Å². The van der Waals surface area contributed by atoms with Crippen molar-refractivity contribution >= 4 is 61.7 Å². The number of nitrogens with two attached hydrogens (primary N) is 1. The Morgan fingerprint density at radius 1 is 1.18 bits per heavy atom. The van der Waals surface area contributed by atoms with E-state index in [0.29, 0.717) is 21.4 Å². The zero-order valence-electron chi connectivity index (χ0n) is 20.7. The molecule has 0 spiro atoms. The Morgan fingerprint density at radius 2 is 1.97 bits per heavy atom. The lowest BCUT2D eigenvalue weighted by molar-refractivity contribution is -0.148. The molecule has 0 aliphatic rings. The number of carbonyl (C=O) groups is 2. The van der Waals surface area contributed by atoms with E-state index in [0.717, 1.165) is 44.9 Å². The first-order valence-electron chi connectivity index (χ1n) is 12.0. The zero-order chi connectivity index (χ0) is 27.1. The number of aromatic nitrogens is 2. The van der Waals surface area contributed by atoms with E-state index in [1.807, 2.05) is 23.6 Å². The number of ether oxygens (including phenoxy) is 2. The van der Waals surface area contributed by atoms with E-state index >= 15 is 0 Å². The van der Waals surface area contributed by atoms with Gasteiger partial charge in [-0.25, -0.2) is 9.97 Å². The van der Waals surface area contributed by atoms with Crippen molar-refractivity contribution in [1.82, 2.24) is 9.97 Å². The number of esters is 1. The minimum absolute atomic E-state index is 0.0196. The molecule has 1 atom stereocenters. The van der Waals surface area contributed by atoms with Crippen molar-refractivity contribution < 1.29 is 28.7 Å². The van der Waals surface area contributed by atoms with Crippen molar-refractivity contribution in [2.75, 3.05) is 24.7 Å². The molecule has 200 valence electrons. The highest BCUT2D eigenvalue weighted by Crippen LogP contribution is 2.44. The topological polar surface area (TPSA) is 148 Å². The van der Waals surface area contributed by atoms with E-state index in [9.17, 15) is 14.1 Å². The lowest BCUT2D eigenvalue weighted by atomic mass is 10.0. The van der Waals surface area contributed by atoms with Crippen LogP contribution in [0.15, 0.2) is 46.1 Å². The molecule has 0 aliphatic heterocycles. The van der Waals surface area contributed by atoms with Gasteiger partial charge in [-0.15, -0.1) is 11.3 Å². The van der Waals surface area contributed by atoms with Crippen LogP contribution in [0.25, 0.3) is 32.0 Å². The highest BCUT2D eigenvalue weighted by atomic mass is 32.2. The molecule has 3 N–H and O–H groups in total. The Labute approximate surface area is 230 Å². The first-order valence-corrected chi connectivity index (χ1v) is 15.0. The van der Waals surface area contributed by atoms with Gasteiger partial charge in [0.15, 0.2) is 0 Å². The first kappa shape index (κ1) is 27.8. The summed E-state index contributed by atoms with van der Waals surface area (Å²) in [5.74, 6) is -0.482. The summed E-state index contributed by atoms with van der Waals surface area (Å²) < 4.78 is 24.3. The summed E-state index contributed by atoms with van der Waals surface area (Å²) in [7, 11) is 0. The molecule has 3 aromatic heterocycles. The third kappa shape index (κ3) is 6.81. The number of thiophene rings is 1.